The molecule has 7 rings (SSSR count). The van der Waals surface area contributed by atoms with Gasteiger partial charge in [0, 0.05) is 43.3 Å². The molecule has 0 radical (unpaired) electrons. The highest BCUT2D eigenvalue weighted by atomic mass is 28.3. The predicted molar refractivity (Wildman–Crippen MR) is 219 cm³/mol. The van der Waals surface area contributed by atoms with E-state index in [-0.39, 0.29) is 48.8 Å². The molecule has 0 unspecified atom stereocenters. The van der Waals surface area contributed by atoms with E-state index in [4.69, 9.17) is 14.2 Å². The molecule has 1 spiro atoms. The highest BCUT2D eigenvalue weighted by Gasteiger charge is 2.66. The zero-order valence-electron chi connectivity index (χ0n) is 32.9. The van der Waals surface area contributed by atoms with Crippen molar-refractivity contribution in [2.75, 3.05) is 56.8 Å². The van der Waals surface area contributed by atoms with Crippen LogP contribution in [0.15, 0.2) is 97.1 Å². The fourth-order valence-electron chi connectivity index (χ4n) is 9.14. The summed E-state index contributed by atoms with van der Waals surface area (Å²) >= 11 is 0. The molecule has 3 aliphatic rings. The van der Waals surface area contributed by atoms with Crippen LogP contribution in [0.5, 0.6) is 11.5 Å². The van der Waals surface area contributed by atoms with Crippen LogP contribution in [0.4, 0.5) is 11.4 Å². The third kappa shape index (κ3) is 7.22. The van der Waals surface area contributed by atoms with Crippen LogP contribution >= 0.6 is 0 Å². The minimum atomic E-state index is -2.53. The number of nitrogens with one attached hydrogen (secondary N) is 1. The number of benzene rings is 4. The van der Waals surface area contributed by atoms with Crippen LogP contribution in [0, 0.1) is 5.92 Å². The van der Waals surface area contributed by atoms with Crippen LogP contribution in [0.1, 0.15) is 30.0 Å². The lowest BCUT2D eigenvalue weighted by atomic mass is 9.82. The Morgan fingerprint density at radius 2 is 1.64 bits per heavy atom. The quantitative estimate of drug-likeness (QED) is 0.186. The van der Waals surface area contributed by atoms with Gasteiger partial charge in [0.25, 0.3) is 5.91 Å². The molecule has 4 aromatic rings. The fourth-order valence-corrected chi connectivity index (χ4v) is 13.1. The van der Waals surface area contributed by atoms with Gasteiger partial charge < -0.3 is 39.3 Å². The van der Waals surface area contributed by atoms with Gasteiger partial charge in [0.15, 0.2) is 5.60 Å². The second-order valence-corrected chi connectivity index (χ2v) is 20.2. The van der Waals surface area contributed by atoms with Crippen LogP contribution < -0.4 is 29.8 Å². The molecule has 3 aliphatic heterocycles. The molecule has 4 aromatic carbocycles. The number of carbonyl (C=O) groups excluding carboxylic acids is 3. The van der Waals surface area contributed by atoms with E-state index in [1.165, 1.54) is 5.19 Å². The summed E-state index contributed by atoms with van der Waals surface area (Å²) in [7, 11) is 0.724. The molecular formula is C44H52N4O7Si. The van der Waals surface area contributed by atoms with Crippen molar-refractivity contribution in [3.05, 3.63) is 114 Å². The van der Waals surface area contributed by atoms with Crippen molar-refractivity contribution >= 4 is 42.4 Å². The number of rotatable bonds is 13. The number of carbonyl (C=O) groups is 3. The first-order chi connectivity index (χ1) is 27.0. The SMILES string of the molecule is COc1ccc([Si](C)(C)[C@@H]2[C@@H](CC(=O)N(CCO)Cc3ccccc3)O[C@]3(C(=O)N(Cc4ccc(N5CCNCC5=O)cc4)c4ccc(OC)cc43)[C@H]2C)cc1. The second kappa shape index (κ2) is 16.2. The second-order valence-electron chi connectivity index (χ2n) is 15.5. The third-order valence-electron chi connectivity index (χ3n) is 12.0. The smallest absolute Gasteiger partial charge is 0.264 e. The Labute approximate surface area is 330 Å². The first kappa shape index (κ1) is 39.2. The average Bonchev–Trinajstić information content (AvgIpc) is 3.64. The number of methoxy groups -OCH3 is 2. The average molecular weight is 777 g/mol. The van der Waals surface area contributed by atoms with Gasteiger partial charge >= 0.3 is 0 Å². The maximum absolute atomic E-state index is 15.3. The molecule has 0 aromatic heterocycles. The Kier molecular flexibility index (Phi) is 11.4. The summed E-state index contributed by atoms with van der Waals surface area (Å²) in [5.41, 5.74) is 2.62. The van der Waals surface area contributed by atoms with Crippen molar-refractivity contribution in [1.29, 1.82) is 0 Å². The molecule has 0 aliphatic carbocycles. The van der Waals surface area contributed by atoms with E-state index in [0.29, 0.717) is 31.9 Å². The van der Waals surface area contributed by atoms with Crippen LogP contribution in [-0.4, -0.2) is 88.9 Å². The highest BCUT2D eigenvalue weighted by Crippen LogP contribution is 2.60. The van der Waals surface area contributed by atoms with Crippen molar-refractivity contribution in [3.8, 4) is 11.5 Å². The molecule has 3 heterocycles. The lowest BCUT2D eigenvalue weighted by Gasteiger charge is -2.37. The molecule has 294 valence electrons. The Morgan fingerprint density at radius 3 is 2.30 bits per heavy atom. The van der Waals surface area contributed by atoms with Gasteiger partial charge in [0.2, 0.25) is 11.8 Å². The van der Waals surface area contributed by atoms with Crippen molar-refractivity contribution in [3.63, 3.8) is 0 Å². The van der Waals surface area contributed by atoms with E-state index in [9.17, 15) is 14.7 Å². The lowest BCUT2D eigenvalue weighted by molar-refractivity contribution is -0.150. The van der Waals surface area contributed by atoms with E-state index >= 15 is 4.79 Å². The molecule has 56 heavy (non-hydrogen) atoms. The summed E-state index contributed by atoms with van der Waals surface area (Å²) < 4.78 is 18.5. The van der Waals surface area contributed by atoms with Gasteiger partial charge in [-0.3, -0.25) is 14.4 Å². The monoisotopic (exact) mass is 776 g/mol. The summed E-state index contributed by atoms with van der Waals surface area (Å²) in [5.74, 6) is 0.753. The van der Waals surface area contributed by atoms with Gasteiger partial charge in [0.1, 0.15) is 11.5 Å². The zero-order chi connectivity index (χ0) is 39.6. The molecule has 0 saturated carbocycles. The van der Waals surface area contributed by atoms with Gasteiger partial charge in [-0.1, -0.05) is 79.8 Å². The van der Waals surface area contributed by atoms with Crippen LogP contribution in [0.3, 0.4) is 0 Å². The van der Waals surface area contributed by atoms with Crippen molar-refractivity contribution in [2.45, 2.75) is 56.8 Å². The topological polar surface area (TPSA) is 121 Å². The predicted octanol–water partition coefficient (Wildman–Crippen LogP) is 4.81. The molecule has 2 N–H and O–H groups in total. The van der Waals surface area contributed by atoms with Crippen molar-refractivity contribution in [1.82, 2.24) is 10.2 Å². The number of aliphatic hydroxyl groups is 1. The lowest BCUT2D eigenvalue weighted by Crippen LogP contribution is -2.52. The summed E-state index contributed by atoms with van der Waals surface area (Å²) in [6.07, 6.45) is -0.549. The summed E-state index contributed by atoms with van der Waals surface area (Å²) in [6.45, 7) is 8.98. The number of hydrogen-bond acceptors (Lipinski definition) is 8. The number of aliphatic hydroxyl groups excluding tert-OH is 1. The molecule has 4 atom stereocenters. The Hall–Kier alpha value is -5.01. The molecule has 0 bridgehead atoms. The third-order valence-corrected chi connectivity index (χ3v) is 16.4. The van der Waals surface area contributed by atoms with Gasteiger partial charge in [-0.2, -0.15) is 0 Å². The van der Waals surface area contributed by atoms with Crippen molar-refractivity contribution < 1.29 is 33.7 Å². The van der Waals surface area contributed by atoms with Gasteiger partial charge in [-0.15, -0.1) is 0 Å². The largest absolute Gasteiger partial charge is 0.497 e. The molecule has 12 heteroatoms. The fraction of sp³-hybridized carbons (Fsp3) is 0.386. The van der Waals surface area contributed by atoms with Crippen LogP contribution in [0.2, 0.25) is 18.6 Å². The molecule has 2 saturated heterocycles. The summed E-state index contributed by atoms with van der Waals surface area (Å²) in [4.78, 5) is 47.6. The van der Waals surface area contributed by atoms with E-state index < -0.39 is 19.8 Å². The zero-order valence-corrected chi connectivity index (χ0v) is 33.9. The first-order valence-electron chi connectivity index (χ1n) is 19.4. The standard InChI is InChI=1S/C44H52N4O7Si/c1-30-42(56(4,5)36-18-15-34(53-2)16-19-36)39(26-40(50)46(23-24-49)28-31-9-7-6-8-10-31)55-44(30)37-25-35(54-3)17-20-38(37)48(43(44)52)29-32-11-13-33(14-12-32)47-22-21-45-27-41(47)51/h6-20,25,30,39,42,45,49H,21-24,26-29H2,1-5H3/t30-,39+,42-,44+/m0/s1. The van der Waals surface area contributed by atoms with Crippen LogP contribution in [0.25, 0.3) is 0 Å². The van der Waals surface area contributed by atoms with Gasteiger partial charge in [-0.25, -0.2) is 0 Å². The number of fused-ring (bicyclic) bond motifs is 2. The van der Waals surface area contributed by atoms with Gasteiger partial charge in [-0.05, 0) is 59.1 Å². The highest BCUT2D eigenvalue weighted by molar-refractivity contribution is 6.91. The minimum absolute atomic E-state index is 0.0270. The summed E-state index contributed by atoms with van der Waals surface area (Å²) in [5, 5.41) is 14.3. The molecule has 11 nitrogen and oxygen atoms in total. The number of nitrogens with zero attached hydrogens (tertiary/aromatic N) is 3. The Balaban J connectivity index is 1.27. The number of piperazine rings is 1. The maximum Gasteiger partial charge on any atom is 0.264 e. The number of amides is 3. The van der Waals surface area contributed by atoms with E-state index in [2.05, 4.69) is 37.5 Å². The van der Waals surface area contributed by atoms with E-state index in [0.717, 1.165) is 40.4 Å². The minimum Gasteiger partial charge on any atom is -0.497 e. The number of anilines is 2. The first-order valence-corrected chi connectivity index (χ1v) is 22.4. The molecular weight excluding hydrogens is 725 g/mol. The maximum atomic E-state index is 15.3. The Morgan fingerprint density at radius 1 is 0.946 bits per heavy atom. The number of ether oxygens (including phenoxy) is 3. The Bertz CT molecular complexity index is 2040. The normalized spacial score (nSPS) is 22.1. The van der Waals surface area contributed by atoms with Crippen molar-refractivity contribution in [2.24, 2.45) is 5.92 Å². The van der Waals surface area contributed by atoms with Crippen LogP contribution in [-0.2, 0) is 37.8 Å². The van der Waals surface area contributed by atoms with E-state index in [1.54, 1.807) is 28.9 Å². The van der Waals surface area contributed by atoms with E-state index in [1.807, 2.05) is 84.9 Å². The van der Waals surface area contributed by atoms with Gasteiger partial charge in [0.05, 0.1) is 60.2 Å². The molecule has 3 amide bonds. The number of hydrogen-bond donors (Lipinski definition) is 2. The summed E-state index contributed by atoms with van der Waals surface area (Å²) in [6, 6.07) is 31.4. The molecule has 2 fully saturated rings.